The van der Waals surface area contributed by atoms with E-state index in [0.29, 0.717) is 11.4 Å². The van der Waals surface area contributed by atoms with Crippen LogP contribution in [0, 0.1) is 0 Å². The third-order valence-electron chi connectivity index (χ3n) is 1.96. The van der Waals surface area contributed by atoms with Crippen molar-refractivity contribution in [3.63, 3.8) is 0 Å². The average molecular weight is 227 g/mol. The Kier molecular flexibility index (Phi) is 5.15. The van der Waals surface area contributed by atoms with E-state index in [4.69, 9.17) is 11.6 Å². The summed E-state index contributed by atoms with van der Waals surface area (Å²) in [6.07, 6.45) is 1.37. The topological polar surface area (TPSA) is 41.1 Å². The van der Waals surface area contributed by atoms with Crippen LogP contribution < -0.4 is 10.6 Å². The Morgan fingerprint density at radius 2 is 2.00 bits per heavy atom. The smallest absolute Gasteiger partial charge is 0.224 e. The minimum atomic E-state index is 0.0348. The Bertz CT molecular complexity index is 311. The van der Waals surface area contributed by atoms with Crippen LogP contribution in [0.2, 0.25) is 5.02 Å². The minimum absolute atomic E-state index is 0.0348. The molecule has 0 atom stereocenters. The van der Waals surface area contributed by atoms with Gasteiger partial charge in [-0.15, -0.1) is 0 Å². The van der Waals surface area contributed by atoms with Crippen molar-refractivity contribution in [2.75, 3.05) is 18.9 Å². The van der Waals surface area contributed by atoms with Crippen molar-refractivity contribution in [3.8, 4) is 0 Å². The molecule has 0 bridgehead atoms. The summed E-state index contributed by atoms with van der Waals surface area (Å²) in [6, 6.07) is 7.09. The molecule has 15 heavy (non-hydrogen) atoms. The Labute approximate surface area is 94.8 Å². The van der Waals surface area contributed by atoms with Crippen LogP contribution in [0.1, 0.15) is 12.8 Å². The van der Waals surface area contributed by atoms with Crippen molar-refractivity contribution in [1.82, 2.24) is 5.32 Å². The molecular weight excluding hydrogens is 212 g/mol. The monoisotopic (exact) mass is 226 g/mol. The van der Waals surface area contributed by atoms with Crippen LogP contribution in [0.5, 0.6) is 0 Å². The van der Waals surface area contributed by atoms with Crippen LogP contribution in [0.15, 0.2) is 24.3 Å². The summed E-state index contributed by atoms with van der Waals surface area (Å²) in [6.45, 7) is 0.855. The molecule has 0 aliphatic heterocycles. The van der Waals surface area contributed by atoms with E-state index in [2.05, 4.69) is 10.6 Å². The molecule has 1 rings (SSSR count). The van der Waals surface area contributed by atoms with Gasteiger partial charge in [-0.3, -0.25) is 4.79 Å². The molecule has 0 spiro atoms. The molecule has 0 fully saturated rings. The van der Waals surface area contributed by atoms with Crippen LogP contribution in [-0.2, 0) is 4.79 Å². The molecule has 1 amide bonds. The quantitative estimate of drug-likeness (QED) is 0.757. The molecule has 0 heterocycles. The van der Waals surface area contributed by atoms with Gasteiger partial charge in [0.2, 0.25) is 5.91 Å². The Hall–Kier alpha value is -1.06. The molecule has 0 saturated carbocycles. The number of halogens is 1. The number of benzene rings is 1. The predicted octanol–water partition coefficient (Wildman–Crippen LogP) is 2.28. The average Bonchev–Trinajstić information content (AvgIpc) is 2.22. The lowest BCUT2D eigenvalue weighted by Crippen LogP contribution is -2.15. The van der Waals surface area contributed by atoms with Gasteiger partial charge in [-0.05, 0) is 44.3 Å². The molecule has 0 aliphatic carbocycles. The summed E-state index contributed by atoms with van der Waals surface area (Å²) in [5.74, 6) is 0.0348. The second kappa shape index (κ2) is 6.43. The second-order valence-electron chi connectivity index (χ2n) is 3.26. The number of nitrogens with one attached hydrogen (secondary N) is 2. The van der Waals surface area contributed by atoms with E-state index in [-0.39, 0.29) is 5.91 Å². The third-order valence-corrected chi connectivity index (χ3v) is 2.21. The fourth-order valence-corrected chi connectivity index (χ4v) is 1.31. The van der Waals surface area contributed by atoms with Gasteiger partial charge in [-0.2, -0.15) is 0 Å². The van der Waals surface area contributed by atoms with E-state index in [9.17, 15) is 4.79 Å². The number of amides is 1. The van der Waals surface area contributed by atoms with Gasteiger partial charge in [0, 0.05) is 17.1 Å². The van der Waals surface area contributed by atoms with Gasteiger partial charge in [-0.25, -0.2) is 0 Å². The fraction of sp³-hybridized carbons (Fsp3) is 0.364. The number of carbonyl (C=O) groups excluding carboxylic acids is 1. The molecule has 2 N–H and O–H groups in total. The lowest BCUT2D eigenvalue weighted by atomic mass is 10.2. The molecule has 0 saturated heterocycles. The van der Waals surface area contributed by atoms with Crippen molar-refractivity contribution in [3.05, 3.63) is 29.3 Å². The highest BCUT2D eigenvalue weighted by atomic mass is 35.5. The van der Waals surface area contributed by atoms with E-state index < -0.39 is 0 Å². The number of hydrogen-bond donors (Lipinski definition) is 2. The summed E-state index contributed by atoms with van der Waals surface area (Å²) in [4.78, 5) is 11.4. The van der Waals surface area contributed by atoms with Crippen molar-refractivity contribution >= 4 is 23.2 Å². The molecule has 82 valence electrons. The maximum atomic E-state index is 11.4. The Morgan fingerprint density at radius 1 is 1.33 bits per heavy atom. The molecule has 3 nitrogen and oxygen atoms in total. The van der Waals surface area contributed by atoms with Gasteiger partial charge in [0.25, 0.3) is 0 Å². The molecular formula is C11H15ClN2O. The number of rotatable bonds is 5. The number of anilines is 1. The summed E-state index contributed by atoms with van der Waals surface area (Å²) in [5, 5.41) is 6.47. The second-order valence-corrected chi connectivity index (χ2v) is 3.70. The fourth-order valence-electron chi connectivity index (χ4n) is 1.18. The van der Waals surface area contributed by atoms with Crippen LogP contribution in [0.3, 0.4) is 0 Å². The van der Waals surface area contributed by atoms with Gasteiger partial charge >= 0.3 is 0 Å². The zero-order valence-corrected chi connectivity index (χ0v) is 9.47. The predicted molar refractivity (Wildman–Crippen MR) is 63.2 cm³/mol. The standard InChI is InChI=1S/C11H15ClN2O/c1-13-8-2-3-11(15)14-10-6-4-9(12)5-7-10/h4-7,13H,2-3,8H2,1H3,(H,14,15). The summed E-state index contributed by atoms with van der Waals surface area (Å²) < 4.78 is 0. The summed E-state index contributed by atoms with van der Waals surface area (Å²) in [5.41, 5.74) is 0.786. The molecule has 1 aromatic rings. The van der Waals surface area contributed by atoms with Gasteiger partial charge < -0.3 is 10.6 Å². The third kappa shape index (κ3) is 4.81. The molecule has 0 unspecified atom stereocenters. The van der Waals surface area contributed by atoms with Gasteiger partial charge in [0.15, 0.2) is 0 Å². The zero-order valence-electron chi connectivity index (χ0n) is 8.72. The molecule has 0 aromatic heterocycles. The Morgan fingerprint density at radius 3 is 2.60 bits per heavy atom. The highest BCUT2D eigenvalue weighted by Gasteiger charge is 2.01. The van der Waals surface area contributed by atoms with E-state index in [1.165, 1.54) is 0 Å². The van der Waals surface area contributed by atoms with E-state index >= 15 is 0 Å². The van der Waals surface area contributed by atoms with Gasteiger partial charge in [-0.1, -0.05) is 11.6 Å². The van der Waals surface area contributed by atoms with Crippen LogP contribution in [0.4, 0.5) is 5.69 Å². The minimum Gasteiger partial charge on any atom is -0.326 e. The van der Waals surface area contributed by atoms with Crippen LogP contribution in [0.25, 0.3) is 0 Å². The van der Waals surface area contributed by atoms with Crippen molar-refractivity contribution in [2.24, 2.45) is 0 Å². The first-order valence-corrected chi connectivity index (χ1v) is 5.30. The summed E-state index contributed by atoms with van der Waals surface area (Å²) in [7, 11) is 1.87. The maximum Gasteiger partial charge on any atom is 0.224 e. The Balaban J connectivity index is 2.34. The first-order valence-electron chi connectivity index (χ1n) is 4.92. The van der Waals surface area contributed by atoms with Gasteiger partial charge in [0.05, 0.1) is 0 Å². The molecule has 4 heteroatoms. The highest BCUT2D eigenvalue weighted by Crippen LogP contribution is 2.13. The highest BCUT2D eigenvalue weighted by molar-refractivity contribution is 6.30. The molecule has 0 radical (unpaired) electrons. The largest absolute Gasteiger partial charge is 0.326 e. The zero-order chi connectivity index (χ0) is 11.1. The normalized spacial score (nSPS) is 10.0. The molecule has 1 aromatic carbocycles. The first-order chi connectivity index (χ1) is 7.22. The van der Waals surface area contributed by atoms with E-state index in [1.807, 2.05) is 7.05 Å². The van der Waals surface area contributed by atoms with Crippen molar-refractivity contribution in [1.29, 1.82) is 0 Å². The van der Waals surface area contributed by atoms with Gasteiger partial charge in [0.1, 0.15) is 0 Å². The summed E-state index contributed by atoms with van der Waals surface area (Å²) >= 11 is 5.73. The van der Waals surface area contributed by atoms with E-state index in [1.54, 1.807) is 24.3 Å². The van der Waals surface area contributed by atoms with Crippen LogP contribution in [-0.4, -0.2) is 19.5 Å². The molecule has 0 aliphatic rings. The first kappa shape index (κ1) is 12.0. The van der Waals surface area contributed by atoms with Crippen molar-refractivity contribution in [2.45, 2.75) is 12.8 Å². The number of carbonyl (C=O) groups is 1. The number of hydrogen-bond acceptors (Lipinski definition) is 2. The van der Waals surface area contributed by atoms with Crippen molar-refractivity contribution < 1.29 is 4.79 Å². The van der Waals surface area contributed by atoms with E-state index in [0.717, 1.165) is 18.7 Å². The maximum absolute atomic E-state index is 11.4. The SMILES string of the molecule is CNCCCC(=O)Nc1ccc(Cl)cc1. The lowest BCUT2D eigenvalue weighted by molar-refractivity contribution is -0.116. The lowest BCUT2D eigenvalue weighted by Gasteiger charge is -2.04. The van der Waals surface area contributed by atoms with Crippen LogP contribution >= 0.6 is 11.6 Å².